The molecule has 4 aromatic rings. The summed E-state index contributed by atoms with van der Waals surface area (Å²) in [6.07, 6.45) is -0.675. The molecule has 176 valence electrons. The van der Waals surface area contributed by atoms with Crippen molar-refractivity contribution in [2.24, 2.45) is 0 Å². The summed E-state index contributed by atoms with van der Waals surface area (Å²) >= 11 is 0. The summed E-state index contributed by atoms with van der Waals surface area (Å²) < 4.78 is 81.8. The summed E-state index contributed by atoms with van der Waals surface area (Å²) in [7, 11) is 0. The summed E-state index contributed by atoms with van der Waals surface area (Å²) in [5.41, 5.74) is 0.639. The van der Waals surface area contributed by atoms with Crippen LogP contribution in [0.5, 0.6) is 0 Å². The number of fused-ring (bicyclic) bond motifs is 1. The third kappa shape index (κ3) is 4.81. The van der Waals surface area contributed by atoms with Gasteiger partial charge in [0.15, 0.2) is 0 Å². The van der Waals surface area contributed by atoms with Gasteiger partial charge in [0.25, 0.3) is 0 Å². The van der Waals surface area contributed by atoms with Crippen molar-refractivity contribution < 1.29 is 26.3 Å². The van der Waals surface area contributed by atoms with Crippen LogP contribution in [-0.2, 0) is 12.6 Å². The van der Waals surface area contributed by atoms with E-state index in [0.29, 0.717) is 17.5 Å². The van der Waals surface area contributed by atoms with Gasteiger partial charge in [-0.15, -0.1) is 0 Å². The Kier molecular flexibility index (Phi) is 6.69. The highest BCUT2D eigenvalue weighted by molar-refractivity contribution is 5.91. The second-order valence-corrected chi connectivity index (χ2v) is 8.33. The van der Waals surface area contributed by atoms with E-state index < -0.39 is 29.2 Å². The van der Waals surface area contributed by atoms with Crippen molar-refractivity contribution in [3.63, 3.8) is 0 Å². The van der Waals surface area contributed by atoms with Crippen LogP contribution < -0.4 is 0 Å². The Hall–Kier alpha value is -3.28. The monoisotopic (exact) mass is 472 g/mol. The van der Waals surface area contributed by atoms with E-state index in [9.17, 15) is 22.0 Å². The molecule has 0 atom stereocenters. The van der Waals surface area contributed by atoms with Crippen LogP contribution in [0.25, 0.3) is 33.0 Å². The molecule has 6 heteroatoms. The number of aryl methyl sites for hydroxylation is 1. The minimum absolute atomic E-state index is 0.178. The van der Waals surface area contributed by atoms with Crippen LogP contribution in [0, 0.1) is 17.5 Å². The SMILES string of the molecule is CCCCCc1ccc(-c2ccc3c(F)c(-c4cc(F)c(C(F)(F)F)c(F)c4)ccc3c2)cc1. The predicted molar refractivity (Wildman–Crippen MR) is 123 cm³/mol. The molecule has 0 spiro atoms. The Bertz CT molecular complexity index is 1300. The van der Waals surface area contributed by atoms with Gasteiger partial charge in [0.2, 0.25) is 0 Å². The molecule has 0 bridgehead atoms. The highest BCUT2D eigenvalue weighted by atomic mass is 19.4. The lowest BCUT2D eigenvalue weighted by Gasteiger charge is -2.13. The number of hydrogen-bond acceptors (Lipinski definition) is 0. The quantitative estimate of drug-likeness (QED) is 0.194. The first-order chi connectivity index (χ1) is 16.2. The van der Waals surface area contributed by atoms with Crippen molar-refractivity contribution in [2.45, 2.75) is 38.8 Å². The summed E-state index contributed by atoms with van der Waals surface area (Å²) in [6, 6.07) is 17.2. The topological polar surface area (TPSA) is 0 Å². The van der Waals surface area contributed by atoms with Crippen LogP contribution in [0.1, 0.15) is 37.3 Å². The largest absolute Gasteiger partial charge is 0.422 e. The van der Waals surface area contributed by atoms with Gasteiger partial charge in [0.1, 0.15) is 23.0 Å². The molecule has 0 aliphatic rings. The Morgan fingerprint density at radius 1 is 0.676 bits per heavy atom. The van der Waals surface area contributed by atoms with Gasteiger partial charge in [0.05, 0.1) is 0 Å². The fourth-order valence-electron chi connectivity index (χ4n) is 4.14. The fourth-order valence-corrected chi connectivity index (χ4v) is 4.14. The molecule has 0 aliphatic heterocycles. The third-order valence-corrected chi connectivity index (χ3v) is 5.95. The van der Waals surface area contributed by atoms with Crippen molar-refractivity contribution in [3.05, 3.63) is 95.3 Å². The van der Waals surface area contributed by atoms with Crippen LogP contribution in [0.3, 0.4) is 0 Å². The zero-order chi connectivity index (χ0) is 24.5. The van der Waals surface area contributed by atoms with E-state index in [4.69, 9.17) is 0 Å². The number of alkyl halides is 3. The molecule has 4 aromatic carbocycles. The molecule has 0 aromatic heterocycles. The minimum Gasteiger partial charge on any atom is -0.206 e. The smallest absolute Gasteiger partial charge is 0.206 e. The van der Waals surface area contributed by atoms with Crippen molar-refractivity contribution in [2.75, 3.05) is 0 Å². The second-order valence-electron chi connectivity index (χ2n) is 8.33. The maximum absolute atomic E-state index is 15.2. The first kappa shape index (κ1) is 23.9. The number of halogens is 6. The van der Waals surface area contributed by atoms with Gasteiger partial charge in [-0.25, -0.2) is 13.2 Å². The third-order valence-electron chi connectivity index (χ3n) is 5.95. The van der Waals surface area contributed by atoms with Gasteiger partial charge in [-0.2, -0.15) is 13.2 Å². The van der Waals surface area contributed by atoms with Crippen LogP contribution >= 0.6 is 0 Å². The van der Waals surface area contributed by atoms with Gasteiger partial charge < -0.3 is 0 Å². The van der Waals surface area contributed by atoms with Crippen molar-refractivity contribution in [3.8, 4) is 22.3 Å². The van der Waals surface area contributed by atoms with Gasteiger partial charge in [-0.1, -0.05) is 68.3 Å². The molecule has 4 rings (SSSR count). The zero-order valence-electron chi connectivity index (χ0n) is 18.4. The summed E-state index contributed by atoms with van der Waals surface area (Å²) in [5, 5.41) is 0.775. The summed E-state index contributed by atoms with van der Waals surface area (Å²) in [5.74, 6) is -4.32. The number of unbranched alkanes of at least 4 members (excludes halogenated alkanes) is 2. The molecule has 0 saturated heterocycles. The summed E-state index contributed by atoms with van der Waals surface area (Å²) in [4.78, 5) is 0. The Balaban J connectivity index is 1.67. The van der Waals surface area contributed by atoms with E-state index in [1.54, 1.807) is 18.2 Å². The number of rotatable bonds is 6. The van der Waals surface area contributed by atoms with Crippen molar-refractivity contribution >= 4 is 10.8 Å². The van der Waals surface area contributed by atoms with E-state index >= 15 is 4.39 Å². The van der Waals surface area contributed by atoms with Crippen LogP contribution in [0.2, 0.25) is 0 Å². The molecular formula is C28H22F6. The molecular weight excluding hydrogens is 450 g/mol. The molecule has 0 amide bonds. The van der Waals surface area contributed by atoms with Gasteiger partial charge >= 0.3 is 6.18 Å². The standard InChI is InChI=1S/C28H22F6/c1-2-3-4-5-17-6-8-18(9-7-17)19-10-12-22-20(14-19)11-13-23(27(22)31)21-15-24(29)26(25(30)16-21)28(32,33)34/h6-16H,2-5H2,1H3. The van der Waals surface area contributed by atoms with E-state index in [1.807, 2.05) is 18.2 Å². The highest BCUT2D eigenvalue weighted by Crippen LogP contribution is 2.37. The molecule has 0 radical (unpaired) electrons. The zero-order valence-corrected chi connectivity index (χ0v) is 18.4. The average Bonchev–Trinajstić information content (AvgIpc) is 2.78. The average molecular weight is 472 g/mol. The normalized spacial score (nSPS) is 11.9. The van der Waals surface area contributed by atoms with Crippen LogP contribution in [0.4, 0.5) is 26.3 Å². The summed E-state index contributed by atoms with van der Waals surface area (Å²) in [6.45, 7) is 2.16. The van der Waals surface area contributed by atoms with Crippen molar-refractivity contribution in [1.82, 2.24) is 0 Å². The van der Waals surface area contributed by atoms with Crippen LogP contribution in [-0.4, -0.2) is 0 Å². The lowest BCUT2D eigenvalue weighted by atomic mass is 9.95. The Morgan fingerprint density at radius 2 is 1.32 bits per heavy atom. The maximum atomic E-state index is 15.2. The van der Waals surface area contributed by atoms with Gasteiger partial charge in [-0.3, -0.25) is 0 Å². The predicted octanol–water partition coefficient (Wildman–Crippen LogP) is 9.34. The molecule has 34 heavy (non-hydrogen) atoms. The Labute approximate surface area is 193 Å². The molecule has 0 fully saturated rings. The molecule has 0 N–H and O–H groups in total. The van der Waals surface area contributed by atoms with Crippen LogP contribution in [0.15, 0.2) is 66.7 Å². The Morgan fingerprint density at radius 3 is 1.94 bits per heavy atom. The lowest BCUT2D eigenvalue weighted by Crippen LogP contribution is -2.11. The molecule has 0 saturated carbocycles. The van der Waals surface area contributed by atoms with E-state index in [0.717, 1.165) is 30.4 Å². The minimum atomic E-state index is -5.18. The van der Waals surface area contributed by atoms with E-state index in [1.165, 1.54) is 18.1 Å². The second kappa shape index (κ2) is 9.53. The molecule has 0 heterocycles. The van der Waals surface area contributed by atoms with E-state index in [-0.39, 0.29) is 16.5 Å². The first-order valence-electron chi connectivity index (χ1n) is 11.1. The lowest BCUT2D eigenvalue weighted by molar-refractivity contribution is -0.142. The van der Waals surface area contributed by atoms with Gasteiger partial charge in [-0.05, 0) is 58.7 Å². The van der Waals surface area contributed by atoms with Gasteiger partial charge in [0, 0.05) is 10.9 Å². The molecule has 0 nitrogen and oxygen atoms in total. The molecule has 0 unspecified atom stereocenters. The van der Waals surface area contributed by atoms with Crippen molar-refractivity contribution in [1.29, 1.82) is 0 Å². The van der Waals surface area contributed by atoms with E-state index in [2.05, 4.69) is 19.1 Å². The molecule has 0 aliphatic carbocycles. The number of benzene rings is 4. The number of hydrogen-bond donors (Lipinski definition) is 0. The first-order valence-corrected chi connectivity index (χ1v) is 11.1. The maximum Gasteiger partial charge on any atom is 0.422 e. The fraction of sp³-hybridized carbons (Fsp3) is 0.214. The highest BCUT2D eigenvalue weighted by Gasteiger charge is 2.38.